The molecule has 0 unspecified atom stereocenters. The van der Waals surface area contributed by atoms with Crippen LogP contribution in [0.3, 0.4) is 0 Å². The highest BCUT2D eigenvalue weighted by molar-refractivity contribution is 9.10. The fourth-order valence-corrected chi connectivity index (χ4v) is 7.03. The first kappa shape index (κ1) is 29.0. The number of ether oxygens (including phenoxy) is 2. The second kappa shape index (κ2) is 10.4. The van der Waals surface area contributed by atoms with Crippen LogP contribution in [-0.2, 0) is 16.2 Å². The lowest BCUT2D eigenvalue weighted by molar-refractivity contribution is -0.384. The number of carbonyl (C=O) groups excluding carboxylic acids is 2. The summed E-state index contributed by atoms with van der Waals surface area (Å²) in [4.78, 5) is 40.4. The van der Waals surface area contributed by atoms with Crippen molar-refractivity contribution in [1.29, 1.82) is 0 Å². The van der Waals surface area contributed by atoms with E-state index in [1.54, 1.807) is 19.2 Å². The topological polar surface area (TPSA) is 99.0 Å². The molecular formula is C32H35BrN2O6. The normalized spacial score (nSPS) is 20.1. The van der Waals surface area contributed by atoms with Gasteiger partial charge in [0.15, 0.2) is 23.1 Å². The maximum atomic E-state index is 13.8. The van der Waals surface area contributed by atoms with Gasteiger partial charge in [-0.15, -0.1) is 0 Å². The van der Waals surface area contributed by atoms with Crippen LogP contribution in [0.1, 0.15) is 70.4 Å². The number of hydrogen-bond donors (Lipinski definition) is 0. The smallest absolute Gasteiger partial charge is 0.269 e. The molecule has 0 spiro atoms. The summed E-state index contributed by atoms with van der Waals surface area (Å²) in [6.07, 6.45) is 2.33. The maximum absolute atomic E-state index is 13.8. The molecule has 0 N–H and O–H groups in total. The molecule has 1 heterocycles. The van der Waals surface area contributed by atoms with Crippen LogP contribution in [0, 0.1) is 20.9 Å². The molecule has 0 saturated heterocycles. The summed E-state index contributed by atoms with van der Waals surface area (Å²) < 4.78 is 12.4. The van der Waals surface area contributed by atoms with Crippen molar-refractivity contribution in [3.8, 4) is 11.5 Å². The average molecular weight is 624 g/mol. The molecule has 5 rings (SSSR count). The molecule has 8 nitrogen and oxygen atoms in total. The van der Waals surface area contributed by atoms with E-state index in [1.807, 2.05) is 19.2 Å². The minimum atomic E-state index is -0.501. The highest BCUT2D eigenvalue weighted by atomic mass is 79.9. The Balaban J connectivity index is 1.60. The van der Waals surface area contributed by atoms with Crippen LogP contribution in [0.15, 0.2) is 63.4 Å². The summed E-state index contributed by atoms with van der Waals surface area (Å²) in [5, 5.41) is 11.2. The number of nitro benzene ring substituents is 1. The maximum Gasteiger partial charge on any atom is 0.269 e. The zero-order valence-corrected chi connectivity index (χ0v) is 25.9. The Morgan fingerprint density at radius 3 is 2.10 bits per heavy atom. The van der Waals surface area contributed by atoms with Crippen molar-refractivity contribution in [2.75, 3.05) is 14.2 Å². The highest BCUT2D eigenvalue weighted by Gasteiger charge is 2.48. The third-order valence-corrected chi connectivity index (χ3v) is 8.86. The number of carbonyl (C=O) groups is 2. The lowest BCUT2D eigenvalue weighted by atomic mass is 9.64. The molecule has 1 aliphatic heterocycles. The van der Waals surface area contributed by atoms with Crippen LogP contribution in [0.4, 0.5) is 5.69 Å². The van der Waals surface area contributed by atoms with Gasteiger partial charge in [-0.05, 0) is 62.9 Å². The third kappa shape index (κ3) is 5.44. The second-order valence-electron chi connectivity index (χ2n) is 12.8. The van der Waals surface area contributed by atoms with E-state index in [-0.39, 0.29) is 34.7 Å². The predicted octanol–water partition coefficient (Wildman–Crippen LogP) is 7.26. The van der Waals surface area contributed by atoms with Crippen molar-refractivity contribution < 1.29 is 24.0 Å². The van der Waals surface area contributed by atoms with Crippen LogP contribution < -0.4 is 9.47 Å². The molecule has 0 bridgehead atoms. The lowest BCUT2D eigenvalue weighted by Crippen LogP contribution is -2.43. The molecule has 3 aliphatic rings. The molecule has 0 aromatic heterocycles. The molecule has 0 radical (unpaired) electrons. The van der Waals surface area contributed by atoms with Gasteiger partial charge in [0, 0.05) is 60.5 Å². The van der Waals surface area contributed by atoms with Gasteiger partial charge in [-0.3, -0.25) is 19.7 Å². The number of rotatable bonds is 6. The number of hydrogen-bond acceptors (Lipinski definition) is 7. The number of methoxy groups -OCH3 is 1. The number of Topliss-reactive ketones (excluding diaryl/α,β-unsaturated/α-hetero) is 2. The Hall–Kier alpha value is -3.46. The largest absolute Gasteiger partial charge is 0.493 e. The Kier molecular flexibility index (Phi) is 7.39. The summed E-state index contributed by atoms with van der Waals surface area (Å²) in [5.74, 6) is 0.512. The second-order valence-corrected chi connectivity index (χ2v) is 13.7. The van der Waals surface area contributed by atoms with Crippen LogP contribution in [0.2, 0.25) is 0 Å². The number of ketones is 2. The molecule has 216 valence electrons. The van der Waals surface area contributed by atoms with Crippen LogP contribution in [-0.4, -0.2) is 35.5 Å². The van der Waals surface area contributed by atoms with Crippen molar-refractivity contribution >= 4 is 33.2 Å². The number of nitro groups is 1. The zero-order valence-electron chi connectivity index (χ0n) is 24.3. The highest BCUT2D eigenvalue weighted by Crippen LogP contribution is 2.55. The molecular weight excluding hydrogens is 588 g/mol. The predicted molar refractivity (Wildman–Crippen MR) is 159 cm³/mol. The molecule has 2 aromatic rings. The number of allylic oxidation sites excluding steroid dienone is 4. The van der Waals surface area contributed by atoms with E-state index in [2.05, 4.69) is 48.5 Å². The number of halogens is 1. The molecule has 9 heteroatoms. The van der Waals surface area contributed by atoms with E-state index < -0.39 is 10.8 Å². The summed E-state index contributed by atoms with van der Waals surface area (Å²) in [6.45, 7) is 8.56. The Morgan fingerprint density at radius 2 is 1.56 bits per heavy atom. The first-order chi connectivity index (χ1) is 19.2. The molecule has 0 saturated carbocycles. The lowest BCUT2D eigenvalue weighted by Gasteiger charge is -2.48. The van der Waals surface area contributed by atoms with Gasteiger partial charge in [0.05, 0.1) is 16.5 Å². The first-order valence-corrected chi connectivity index (χ1v) is 14.5. The van der Waals surface area contributed by atoms with Gasteiger partial charge in [0.2, 0.25) is 0 Å². The zero-order chi connectivity index (χ0) is 29.9. The van der Waals surface area contributed by atoms with Gasteiger partial charge < -0.3 is 14.4 Å². The van der Waals surface area contributed by atoms with E-state index in [9.17, 15) is 19.7 Å². The van der Waals surface area contributed by atoms with Crippen LogP contribution in [0.5, 0.6) is 11.5 Å². The standard InChI is InChI=1S/C32H35BrN2O6/c1-31(2)13-22-28(24(36)15-31)27(29-23(34(22)5)14-32(3,4)16-25(29)37)19-11-21(33)30(26(12-19)40-6)41-17-18-8-7-9-20(10-18)35(38)39/h7-12,27H,13-17H2,1-6H3. The molecule has 41 heavy (non-hydrogen) atoms. The van der Waals surface area contributed by atoms with Gasteiger partial charge in [0.25, 0.3) is 5.69 Å². The van der Waals surface area contributed by atoms with Crippen molar-refractivity contribution in [2.45, 2.75) is 65.9 Å². The first-order valence-electron chi connectivity index (χ1n) is 13.7. The molecule has 0 atom stereocenters. The summed E-state index contributed by atoms with van der Waals surface area (Å²) in [5.41, 5.74) is 4.42. The van der Waals surface area contributed by atoms with Gasteiger partial charge >= 0.3 is 0 Å². The molecule has 0 amide bonds. The minimum Gasteiger partial charge on any atom is -0.493 e. The monoisotopic (exact) mass is 622 g/mol. The number of benzene rings is 2. The number of non-ortho nitro benzene ring substituents is 1. The summed E-state index contributed by atoms with van der Waals surface area (Å²) in [6, 6.07) is 10.0. The third-order valence-electron chi connectivity index (χ3n) is 8.27. The van der Waals surface area contributed by atoms with Crippen molar-refractivity contribution in [2.24, 2.45) is 10.8 Å². The van der Waals surface area contributed by atoms with Crippen molar-refractivity contribution in [1.82, 2.24) is 4.90 Å². The SMILES string of the molecule is COc1cc(C2C3=C(CC(C)(C)CC3=O)N(C)C3=C2C(=O)CC(C)(C)C3)cc(Br)c1OCc1cccc([N+](=O)[O-])c1. The van der Waals surface area contributed by atoms with E-state index in [0.717, 1.165) is 29.8 Å². The quantitative estimate of drug-likeness (QED) is 0.247. The Bertz CT molecular complexity index is 1480. The fraction of sp³-hybridized carbons (Fsp3) is 0.438. The average Bonchev–Trinajstić information content (AvgIpc) is 2.87. The van der Waals surface area contributed by atoms with Gasteiger partial charge in [-0.25, -0.2) is 0 Å². The Labute approximate surface area is 248 Å². The van der Waals surface area contributed by atoms with Gasteiger partial charge in [-0.1, -0.05) is 39.8 Å². The number of nitrogens with zero attached hydrogens (tertiary/aromatic N) is 2. The minimum absolute atomic E-state index is 0.0106. The van der Waals surface area contributed by atoms with E-state index in [4.69, 9.17) is 9.47 Å². The Morgan fingerprint density at radius 1 is 0.976 bits per heavy atom. The van der Waals surface area contributed by atoms with Gasteiger partial charge in [0.1, 0.15) is 6.61 Å². The molecule has 2 aliphatic carbocycles. The van der Waals surface area contributed by atoms with Crippen LogP contribution in [0.25, 0.3) is 0 Å². The van der Waals surface area contributed by atoms with E-state index in [0.29, 0.717) is 45.5 Å². The van der Waals surface area contributed by atoms with Crippen molar-refractivity contribution in [3.05, 3.63) is 84.7 Å². The molecule has 2 aromatic carbocycles. The molecule has 0 fully saturated rings. The summed E-state index contributed by atoms with van der Waals surface area (Å²) in [7, 11) is 3.53. The van der Waals surface area contributed by atoms with Crippen molar-refractivity contribution in [3.63, 3.8) is 0 Å². The van der Waals surface area contributed by atoms with Gasteiger partial charge in [-0.2, -0.15) is 0 Å². The fourth-order valence-electron chi connectivity index (χ4n) is 6.46. The summed E-state index contributed by atoms with van der Waals surface area (Å²) >= 11 is 3.65. The van der Waals surface area contributed by atoms with E-state index >= 15 is 0 Å². The van der Waals surface area contributed by atoms with Crippen LogP contribution >= 0.6 is 15.9 Å². The van der Waals surface area contributed by atoms with E-state index in [1.165, 1.54) is 12.1 Å².